The van der Waals surface area contributed by atoms with E-state index in [2.05, 4.69) is 39.1 Å². The van der Waals surface area contributed by atoms with Crippen LogP contribution in [0.15, 0.2) is 18.5 Å². The van der Waals surface area contributed by atoms with E-state index in [1.807, 2.05) is 26.2 Å². The molecule has 5 rings (SSSR count). The zero-order valence-corrected chi connectivity index (χ0v) is 22.6. The van der Waals surface area contributed by atoms with Crippen molar-refractivity contribution in [2.45, 2.75) is 50.2 Å². The number of aromatic nitrogens is 3. The first-order valence-corrected chi connectivity index (χ1v) is 12.7. The third kappa shape index (κ3) is 6.89. The van der Waals surface area contributed by atoms with Gasteiger partial charge in [0.15, 0.2) is 0 Å². The molecule has 0 aliphatic carbocycles. The summed E-state index contributed by atoms with van der Waals surface area (Å²) in [5.41, 5.74) is 2.97. The first-order chi connectivity index (χ1) is 19.3. The predicted octanol–water partition coefficient (Wildman–Crippen LogP) is 1.34. The molecule has 0 amide bonds. The number of carboxylic acid groups (broad SMARTS) is 2. The van der Waals surface area contributed by atoms with Gasteiger partial charge in [0.05, 0.1) is 25.9 Å². The quantitative estimate of drug-likeness (QED) is 0.450. The molecule has 12 nitrogen and oxygen atoms in total. The minimum absolute atomic E-state index is 0.0499. The number of halogens is 3. The van der Waals surface area contributed by atoms with Crippen molar-refractivity contribution < 1.29 is 47.2 Å². The molecule has 0 aromatic carbocycles. The Morgan fingerprint density at radius 2 is 1.98 bits per heavy atom. The van der Waals surface area contributed by atoms with E-state index in [1.165, 1.54) is 0 Å². The lowest BCUT2D eigenvalue weighted by atomic mass is 9.90. The van der Waals surface area contributed by atoms with Crippen molar-refractivity contribution in [2.24, 2.45) is 7.05 Å². The first kappa shape index (κ1) is 30.1. The van der Waals surface area contributed by atoms with Crippen LogP contribution in [0, 0.1) is 18.8 Å². The molecule has 5 heterocycles. The number of carbonyl (C=O) groups is 2. The summed E-state index contributed by atoms with van der Waals surface area (Å²) in [6, 6.07) is 1.42. The molecule has 0 bridgehead atoms. The van der Waals surface area contributed by atoms with Gasteiger partial charge in [0.25, 0.3) is 0 Å². The smallest absolute Gasteiger partial charge is 0.480 e. The second kappa shape index (κ2) is 11.9. The van der Waals surface area contributed by atoms with Crippen molar-refractivity contribution in [2.75, 3.05) is 37.8 Å². The number of ether oxygens (including phenoxy) is 3. The van der Waals surface area contributed by atoms with Gasteiger partial charge < -0.3 is 34.6 Å². The monoisotopic (exact) mass is 581 g/mol. The number of morpholine rings is 1. The molecule has 0 saturated carbocycles. The maximum absolute atomic E-state index is 11.3. The van der Waals surface area contributed by atoms with Crippen LogP contribution in [0.4, 0.5) is 18.9 Å². The van der Waals surface area contributed by atoms with Crippen molar-refractivity contribution >= 4 is 17.6 Å². The van der Waals surface area contributed by atoms with Crippen molar-refractivity contribution in [3.63, 3.8) is 0 Å². The van der Waals surface area contributed by atoms with Gasteiger partial charge in [-0.3, -0.25) is 9.48 Å². The molecule has 2 aromatic rings. The van der Waals surface area contributed by atoms with Gasteiger partial charge in [-0.2, -0.15) is 18.3 Å². The fraction of sp³-hybridized carbons (Fsp3) is 0.538. The van der Waals surface area contributed by atoms with Crippen LogP contribution in [0.1, 0.15) is 30.2 Å². The Hall–Kier alpha value is -3.87. The first-order valence-electron chi connectivity index (χ1n) is 12.7. The summed E-state index contributed by atoms with van der Waals surface area (Å²) >= 11 is 0. The number of pyridine rings is 1. The summed E-state index contributed by atoms with van der Waals surface area (Å²) in [7, 11) is 1.87. The summed E-state index contributed by atoms with van der Waals surface area (Å²) in [5, 5.41) is 23.8. The number of anilines is 1. The fourth-order valence-electron chi connectivity index (χ4n) is 4.71. The molecule has 3 fully saturated rings. The Kier molecular flexibility index (Phi) is 8.76. The van der Waals surface area contributed by atoms with Crippen LogP contribution in [0.25, 0.3) is 0 Å². The number of aryl methyl sites for hydroxylation is 2. The normalized spacial score (nSPS) is 23.1. The highest BCUT2D eigenvalue weighted by atomic mass is 19.4. The third-order valence-electron chi connectivity index (χ3n) is 7.03. The molecular formula is C26H30F3N5O7. The van der Waals surface area contributed by atoms with Crippen LogP contribution in [0.2, 0.25) is 0 Å². The van der Waals surface area contributed by atoms with E-state index in [0.717, 1.165) is 22.5 Å². The van der Waals surface area contributed by atoms with E-state index >= 15 is 0 Å². The molecule has 15 heteroatoms. The number of hydrogen-bond acceptors (Lipinski definition) is 9. The number of rotatable bonds is 4. The Bertz CT molecular complexity index is 1350. The highest BCUT2D eigenvalue weighted by Gasteiger charge is 2.50. The predicted molar refractivity (Wildman–Crippen MR) is 137 cm³/mol. The topological polar surface area (TPSA) is 148 Å². The number of hydrogen-bond donors (Lipinski definition) is 3. The van der Waals surface area contributed by atoms with E-state index in [1.54, 1.807) is 10.9 Å². The molecule has 41 heavy (non-hydrogen) atoms. The van der Waals surface area contributed by atoms with Crippen LogP contribution < -0.4 is 15.0 Å². The minimum atomic E-state index is -5.08. The van der Waals surface area contributed by atoms with Gasteiger partial charge in [-0.15, -0.1) is 0 Å². The zero-order valence-electron chi connectivity index (χ0n) is 22.6. The van der Waals surface area contributed by atoms with Gasteiger partial charge in [-0.1, -0.05) is 5.92 Å². The van der Waals surface area contributed by atoms with E-state index in [4.69, 9.17) is 24.1 Å². The summed E-state index contributed by atoms with van der Waals surface area (Å²) in [4.78, 5) is 27.1. The van der Waals surface area contributed by atoms with Crippen molar-refractivity contribution in [1.82, 2.24) is 20.1 Å². The highest BCUT2D eigenvalue weighted by molar-refractivity contribution is 5.74. The van der Waals surface area contributed by atoms with Gasteiger partial charge in [0.1, 0.15) is 29.1 Å². The highest BCUT2D eigenvalue weighted by Crippen LogP contribution is 2.38. The number of carboxylic acids is 2. The van der Waals surface area contributed by atoms with Gasteiger partial charge in [0.2, 0.25) is 5.88 Å². The molecule has 0 unspecified atom stereocenters. The van der Waals surface area contributed by atoms with Crippen LogP contribution in [0.3, 0.4) is 0 Å². The second-order valence-electron chi connectivity index (χ2n) is 9.99. The second-order valence-corrected chi connectivity index (χ2v) is 9.99. The Balaban J connectivity index is 0.000000493. The minimum Gasteiger partial charge on any atom is -0.480 e. The number of alkyl halides is 3. The van der Waals surface area contributed by atoms with Crippen LogP contribution in [-0.4, -0.2) is 99.8 Å². The molecule has 222 valence electrons. The van der Waals surface area contributed by atoms with Gasteiger partial charge in [-0.05, 0) is 25.8 Å². The molecule has 3 N–H and O–H groups in total. The van der Waals surface area contributed by atoms with Gasteiger partial charge >= 0.3 is 18.1 Å². The van der Waals surface area contributed by atoms with E-state index in [-0.39, 0.29) is 17.7 Å². The van der Waals surface area contributed by atoms with Gasteiger partial charge in [-0.25, -0.2) is 9.78 Å². The molecule has 3 aliphatic rings. The van der Waals surface area contributed by atoms with E-state index in [9.17, 15) is 23.1 Å². The summed E-state index contributed by atoms with van der Waals surface area (Å²) in [5.74, 6) is 3.17. The molecule has 2 aromatic heterocycles. The molecule has 3 atom stereocenters. The molecule has 1 spiro atoms. The van der Waals surface area contributed by atoms with Gasteiger partial charge in [0, 0.05) is 50.1 Å². The number of nitrogens with zero attached hydrogens (tertiary/aromatic N) is 4. The lowest BCUT2D eigenvalue weighted by Crippen LogP contribution is -2.68. The molecule has 3 aliphatic heterocycles. The number of aliphatic carboxylic acids is 2. The summed E-state index contributed by atoms with van der Waals surface area (Å²) in [6.45, 7) is 6.92. The Labute approximate surface area is 233 Å². The van der Waals surface area contributed by atoms with Crippen LogP contribution >= 0.6 is 0 Å². The number of nitrogens with one attached hydrogen (secondary N) is 1. The Morgan fingerprint density at radius 3 is 2.51 bits per heavy atom. The average Bonchev–Trinajstić information content (AvgIpc) is 3.48. The molecule has 3 saturated heterocycles. The van der Waals surface area contributed by atoms with Crippen LogP contribution in [-0.2, 0) is 26.1 Å². The lowest BCUT2D eigenvalue weighted by Gasteiger charge is -2.53. The summed E-state index contributed by atoms with van der Waals surface area (Å²) < 4.78 is 51.3. The largest absolute Gasteiger partial charge is 0.490 e. The van der Waals surface area contributed by atoms with E-state index in [0.29, 0.717) is 45.2 Å². The van der Waals surface area contributed by atoms with Crippen LogP contribution in [0.5, 0.6) is 5.88 Å². The maximum atomic E-state index is 11.3. The molecule has 0 radical (unpaired) electrons. The molecular weight excluding hydrogens is 551 g/mol. The van der Waals surface area contributed by atoms with Crippen molar-refractivity contribution in [1.29, 1.82) is 0 Å². The average molecular weight is 582 g/mol. The standard InChI is InChI=1S/C24H29N5O5.C2HF3O2/c1-15-12-28(3)27-19(15)5-4-17-8-21(29-6-7-33-24(16(29)2)13-32-14-24)22(26-10-17)34-18-9-20(23(30)31)25-11-18;3-2(4,5)1(6)7/h8,10,12,16,18,20,25H,6-7,9,11,13-14H2,1-3H3,(H,30,31);(H,6,7)/t16-,18-,20-;/m0./s1. The van der Waals surface area contributed by atoms with Crippen molar-refractivity contribution in [3.8, 4) is 17.7 Å². The fourth-order valence-corrected chi connectivity index (χ4v) is 4.71. The Morgan fingerprint density at radius 1 is 1.27 bits per heavy atom. The lowest BCUT2D eigenvalue weighted by molar-refractivity contribution is -0.228. The third-order valence-corrected chi connectivity index (χ3v) is 7.03. The van der Waals surface area contributed by atoms with Crippen molar-refractivity contribution in [3.05, 3.63) is 35.3 Å². The SMILES string of the molecule is Cc1cn(C)nc1C#Cc1cnc(O[C@@H]2CN[C@H](C(=O)O)C2)c(N2CCOC3(COC3)[C@@H]2C)c1.O=C(O)C(F)(F)F. The zero-order chi connectivity index (χ0) is 29.9. The van der Waals surface area contributed by atoms with E-state index < -0.39 is 24.2 Å². The summed E-state index contributed by atoms with van der Waals surface area (Å²) in [6.07, 6.45) is -1.36. The maximum Gasteiger partial charge on any atom is 0.490 e.